The van der Waals surface area contributed by atoms with Gasteiger partial charge in [0.1, 0.15) is 11.3 Å². The molecule has 104 valence electrons. The van der Waals surface area contributed by atoms with Crippen LogP contribution in [0.4, 0.5) is 5.69 Å². The van der Waals surface area contributed by atoms with Gasteiger partial charge in [-0.05, 0) is 22.6 Å². The topological polar surface area (TPSA) is 97.5 Å². The van der Waals surface area contributed by atoms with Crippen LogP contribution in [0.1, 0.15) is 31.8 Å². The number of carbonyl (C=O) groups excluding carboxylic acids is 2. The summed E-state index contributed by atoms with van der Waals surface area (Å²) in [5, 5.41) is 21.2. The van der Waals surface area contributed by atoms with E-state index in [1.165, 1.54) is 12.1 Å². The van der Waals surface area contributed by atoms with E-state index in [9.17, 15) is 24.8 Å². The predicted octanol–water partition coefficient (Wildman–Crippen LogP) is 2.68. The standard InChI is InChI=1S/C14H6INO5/c15-8-5-9(16(20)21)10-11(14(8)19)13(18)7-4-2-1-3-6(7)12(10)17/h1-5,19H. The number of hydrogen-bond donors (Lipinski definition) is 1. The molecule has 1 aliphatic rings. The number of aromatic hydroxyl groups is 1. The summed E-state index contributed by atoms with van der Waals surface area (Å²) in [6, 6.07) is 7.16. The number of nitro groups is 1. The van der Waals surface area contributed by atoms with Crippen molar-refractivity contribution in [1.29, 1.82) is 0 Å². The van der Waals surface area contributed by atoms with Crippen LogP contribution in [0.2, 0.25) is 0 Å². The maximum Gasteiger partial charge on any atom is 0.282 e. The van der Waals surface area contributed by atoms with Crippen molar-refractivity contribution >= 4 is 39.8 Å². The molecule has 2 aromatic carbocycles. The van der Waals surface area contributed by atoms with E-state index < -0.39 is 27.9 Å². The first-order valence-electron chi connectivity index (χ1n) is 5.81. The zero-order valence-corrected chi connectivity index (χ0v) is 12.4. The molecule has 3 rings (SSSR count). The minimum atomic E-state index is -0.723. The number of fused-ring (bicyclic) bond motifs is 2. The first-order valence-corrected chi connectivity index (χ1v) is 6.89. The third kappa shape index (κ3) is 1.84. The van der Waals surface area contributed by atoms with E-state index in [0.717, 1.165) is 6.07 Å². The highest BCUT2D eigenvalue weighted by Crippen LogP contribution is 2.40. The second-order valence-electron chi connectivity index (χ2n) is 4.44. The fourth-order valence-electron chi connectivity index (χ4n) is 2.37. The lowest BCUT2D eigenvalue weighted by Crippen LogP contribution is -2.22. The van der Waals surface area contributed by atoms with E-state index in [4.69, 9.17) is 0 Å². The molecule has 0 atom stereocenters. The first-order chi connectivity index (χ1) is 9.93. The normalized spacial score (nSPS) is 12.8. The summed E-state index contributed by atoms with van der Waals surface area (Å²) in [6.45, 7) is 0. The summed E-state index contributed by atoms with van der Waals surface area (Å²) in [6.07, 6.45) is 0. The molecule has 1 N–H and O–H groups in total. The van der Waals surface area contributed by atoms with Gasteiger partial charge in [-0.15, -0.1) is 0 Å². The van der Waals surface area contributed by atoms with Crippen molar-refractivity contribution < 1.29 is 19.6 Å². The van der Waals surface area contributed by atoms with E-state index in [2.05, 4.69) is 0 Å². The summed E-state index contributed by atoms with van der Waals surface area (Å²) in [4.78, 5) is 35.4. The van der Waals surface area contributed by atoms with Crippen molar-refractivity contribution in [2.45, 2.75) is 0 Å². The van der Waals surface area contributed by atoms with Gasteiger partial charge in [-0.3, -0.25) is 19.7 Å². The molecule has 0 aliphatic heterocycles. The average Bonchev–Trinajstić information content (AvgIpc) is 2.47. The molecule has 0 amide bonds. The predicted molar refractivity (Wildman–Crippen MR) is 80.8 cm³/mol. The molecule has 21 heavy (non-hydrogen) atoms. The van der Waals surface area contributed by atoms with Gasteiger partial charge in [0.25, 0.3) is 5.69 Å². The smallest absolute Gasteiger partial charge is 0.282 e. The first kappa shape index (κ1) is 13.7. The fourth-order valence-corrected chi connectivity index (χ4v) is 2.93. The third-order valence-corrected chi connectivity index (χ3v) is 4.12. The Hall–Kier alpha value is -2.29. The summed E-state index contributed by atoms with van der Waals surface area (Å²) < 4.78 is 0.151. The Bertz CT molecular complexity index is 843. The Morgan fingerprint density at radius 1 is 1.05 bits per heavy atom. The second kappa shape index (κ2) is 4.62. The largest absolute Gasteiger partial charge is 0.506 e. The van der Waals surface area contributed by atoms with Gasteiger partial charge in [0.05, 0.1) is 14.1 Å². The lowest BCUT2D eigenvalue weighted by Gasteiger charge is -2.18. The molecular weight excluding hydrogens is 389 g/mol. The minimum absolute atomic E-state index is 0.110. The number of carbonyl (C=O) groups is 2. The number of ketones is 2. The van der Waals surface area contributed by atoms with Gasteiger partial charge < -0.3 is 5.11 Å². The zero-order chi connectivity index (χ0) is 15.3. The maximum absolute atomic E-state index is 12.5. The van der Waals surface area contributed by atoms with Crippen molar-refractivity contribution in [2.24, 2.45) is 0 Å². The minimum Gasteiger partial charge on any atom is -0.506 e. The Morgan fingerprint density at radius 2 is 1.57 bits per heavy atom. The van der Waals surface area contributed by atoms with Crippen LogP contribution in [0.3, 0.4) is 0 Å². The van der Waals surface area contributed by atoms with E-state index in [1.54, 1.807) is 34.7 Å². The Labute approximate surface area is 131 Å². The number of benzene rings is 2. The number of halogens is 1. The van der Waals surface area contributed by atoms with E-state index in [0.29, 0.717) is 0 Å². The molecule has 7 heteroatoms. The Morgan fingerprint density at radius 3 is 2.10 bits per heavy atom. The summed E-state index contributed by atoms with van der Waals surface area (Å²) in [5.74, 6) is -1.61. The highest BCUT2D eigenvalue weighted by molar-refractivity contribution is 14.1. The van der Waals surface area contributed by atoms with Crippen molar-refractivity contribution in [3.05, 3.63) is 66.3 Å². The second-order valence-corrected chi connectivity index (χ2v) is 5.60. The maximum atomic E-state index is 12.5. The molecule has 0 fully saturated rings. The quantitative estimate of drug-likeness (QED) is 0.388. The van der Waals surface area contributed by atoms with E-state index >= 15 is 0 Å². The number of hydrogen-bond acceptors (Lipinski definition) is 5. The Balaban J connectivity index is 2.45. The molecular formula is C14H6INO5. The summed E-state index contributed by atoms with van der Waals surface area (Å²) in [5.41, 5.74) is -0.862. The number of rotatable bonds is 1. The third-order valence-electron chi connectivity index (χ3n) is 3.30. The molecule has 0 saturated carbocycles. The van der Waals surface area contributed by atoms with Gasteiger partial charge in [-0.2, -0.15) is 0 Å². The van der Waals surface area contributed by atoms with Gasteiger partial charge in [-0.1, -0.05) is 24.3 Å². The molecule has 0 unspecified atom stereocenters. The van der Waals surface area contributed by atoms with Gasteiger partial charge in [0.2, 0.25) is 5.78 Å². The van der Waals surface area contributed by atoms with Crippen LogP contribution in [0.25, 0.3) is 0 Å². The van der Waals surface area contributed by atoms with Crippen LogP contribution in [-0.4, -0.2) is 21.6 Å². The molecule has 6 nitrogen and oxygen atoms in total. The van der Waals surface area contributed by atoms with Gasteiger partial charge in [0, 0.05) is 17.2 Å². The van der Waals surface area contributed by atoms with Gasteiger partial charge in [0.15, 0.2) is 5.78 Å². The molecule has 0 saturated heterocycles. The number of nitro benzene ring substituents is 1. The SMILES string of the molecule is O=C1c2ccccc2C(=O)c2c(O)c(I)cc([N+](=O)[O-])c21. The molecule has 2 aromatic rings. The van der Waals surface area contributed by atoms with Crippen LogP contribution < -0.4 is 0 Å². The van der Waals surface area contributed by atoms with Crippen molar-refractivity contribution in [2.75, 3.05) is 0 Å². The highest BCUT2D eigenvalue weighted by Gasteiger charge is 2.38. The molecule has 0 radical (unpaired) electrons. The van der Waals surface area contributed by atoms with Gasteiger partial charge in [-0.25, -0.2) is 0 Å². The zero-order valence-electron chi connectivity index (χ0n) is 10.3. The molecule has 1 aliphatic carbocycles. The number of phenolic OH excluding ortho intramolecular Hbond substituents is 1. The van der Waals surface area contributed by atoms with Gasteiger partial charge >= 0.3 is 0 Å². The summed E-state index contributed by atoms with van der Waals surface area (Å²) >= 11 is 1.69. The number of phenols is 1. The lowest BCUT2D eigenvalue weighted by molar-refractivity contribution is -0.385. The fraction of sp³-hybridized carbons (Fsp3) is 0. The van der Waals surface area contributed by atoms with Crippen LogP contribution in [-0.2, 0) is 0 Å². The van der Waals surface area contributed by atoms with Crippen molar-refractivity contribution in [1.82, 2.24) is 0 Å². The van der Waals surface area contributed by atoms with Crippen LogP contribution >= 0.6 is 22.6 Å². The summed E-state index contributed by atoms with van der Waals surface area (Å²) in [7, 11) is 0. The Kier molecular flexibility index (Phi) is 3.01. The van der Waals surface area contributed by atoms with Crippen LogP contribution in [0.5, 0.6) is 5.75 Å². The van der Waals surface area contributed by atoms with E-state index in [1.807, 2.05) is 0 Å². The van der Waals surface area contributed by atoms with Crippen molar-refractivity contribution in [3.8, 4) is 5.75 Å². The lowest BCUT2D eigenvalue weighted by atomic mass is 9.83. The molecule has 0 spiro atoms. The number of nitrogens with zero attached hydrogens (tertiary/aromatic N) is 1. The van der Waals surface area contributed by atoms with Crippen LogP contribution in [0.15, 0.2) is 30.3 Å². The highest BCUT2D eigenvalue weighted by atomic mass is 127. The molecule has 0 heterocycles. The average molecular weight is 395 g/mol. The molecule has 0 bridgehead atoms. The molecule has 0 aromatic heterocycles. The van der Waals surface area contributed by atoms with Crippen molar-refractivity contribution in [3.63, 3.8) is 0 Å². The van der Waals surface area contributed by atoms with E-state index in [-0.39, 0.29) is 25.8 Å². The van der Waals surface area contributed by atoms with Crippen LogP contribution in [0, 0.1) is 13.7 Å². The monoisotopic (exact) mass is 395 g/mol.